The van der Waals surface area contributed by atoms with Crippen molar-refractivity contribution in [2.24, 2.45) is 0 Å². The van der Waals surface area contributed by atoms with E-state index in [2.05, 4.69) is 9.88 Å². The molecule has 3 heterocycles. The van der Waals surface area contributed by atoms with E-state index in [-0.39, 0.29) is 5.56 Å². The van der Waals surface area contributed by atoms with Crippen molar-refractivity contribution in [3.63, 3.8) is 0 Å². The van der Waals surface area contributed by atoms with Crippen molar-refractivity contribution < 1.29 is 9.90 Å². The van der Waals surface area contributed by atoms with E-state index in [1.54, 1.807) is 18.3 Å². The zero-order chi connectivity index (χ0) is 13.2. The number of carboxylic acid groups (broad SMARTS) is 1. The monoisotopic (exact) mass is 259 g/mol. The van der Waals surface area contributed by atoms with Gasteiger partial charge >= 0.3 is 5.97 Å². The molecule has 0 radical (unpaired) electrons. The maximum atomic E-state index is 10.9. The SMILES string of the molecule is O=C(O)c1ccn2c(CN3CCCCC3)cnc2c1. The molecule has 5 heteroatoms. The molecule has 1 aliphatic rings. The number of rotatable bonds is 3. The van der Waals surface area contributed by atoms with Crippen molar-refractivity contribution in [2.45, 2.75) is 25.8 Å². The predicted molar refractivity (Wildman–Crippen MR) is 71.3 cm³/mol. The third-order valence-electron chi connectivity index (χ3n) is 3.67. The van der Waals surface area contributed by atoms with Crippen LogP contribution in [-0.4, -0.2) is 38.4 Å². The molecule has 100 valence electrons. The van der Waals surface area contributed by atoms with Gasteiger partial charge in [0, 0.05) is 12.7 Å². The number of piperidine rings is 1. The van der Waals surface area contributed by atoms with E-state index in [0.29, 0.717) is 5.65 Å². The van der Waals surface area contributed by atoms with Crippen molar-refractivity contribution in [2.75, 3.05) is 13.1 Å². The van der Waals surface area contributed by atoms with Crippen LogP contribution in [0.25, 0.3) is 5.65 Å². The summed E-state index contributed by atoms with van der Waals surface area (Å²) in [7, 11) is 0. The second-order valence-corrected chi connectivity index (χ2v) is 5.04. The van der Waals surface area contributed by atoms with E-state index in [4.69, 9.17) is 5.11 Å². The van der Waals surface area contributed by atoms with Crippen LogP contribution in [0.2, 0.25) is 0 Å². The summed E-state index contributed by atoms with van der Waals surface area (Å²) >= 11 is 0. The number of hydrogen-bond acceptors (Lipinski definition) is 3. The lowest BCUT2D eigenvalue weighted by atomic mass is 10.1. The molecule has 0 bridgehead atoms. The van der Waals surface area contributed by atoms with Crippen molar-refractivity contribution in [3.8, 4) is 0 Å². The van der Waals surface area contributed by atoms with Crippen LogP contribution in [0, 0.1) is 0 Å². The van der Waals surface area contributed by atoms with E-state index in [1.165, 1.54) is 19.3 Å². The van der Waals surface area contributed by atoms with Crippen LogP contribution >= 0.6 is 0 Å². The Labute approximate surface area is 111 Å². The predicted octanol–water partition coefficient (Wildman–Crippen LogP) is 2.02. The maximum Gasteiger partial charge on any atom is 0.335 e. The molecule has 5 nitrogen and oxygen atoms in total. The van der Waals surface area contributed by atoms with Crippen molar-refractivity contribution in [1.29, 1.82) is 0 Å². The molecule has 1 fully saturated rings. The maximum absolute atomic E-state index is 10.9. The van der Waals surface area contributed by atoms with Gasteiger partial charge in [-0.25, -0.2) is 9.78 Å². The van der Waals surface area contributed by atoms with Gasteiger partial charge in [-0.15, -0.1) is 0 Å². The van der Waals surface area contributed by atoms with Gasteiger partial charge in [-0.2, -0.15) is 0 Å². The lowest BCUT2D eigenvalue weighted by Crippen LogP contribution is -2.29. The number of aromatic nitrogens is 2. The van der Waals surface area contributed by atoms with Crippen molar-refractivity contribution in [3.05, 3.63) is 35.8 Å². The van der Waals surface area contributed by atoms with Crippen molar-refractivity contribution in [1.82, 2.24) is 14.3 Å². The van der Waals surface area contributed by atoms with Crippen LogP contribution in [0.1, 0.15) is 35.3 Å². The molecule has 19 heavy (non-hydrogen) atoms. The molecule has 0 atom stereocenters. The lowest BCUT2D eigenvalue weighted by molar-refractivity contribution is 0.0697. The summed E-state index contributed by atoms with van der Waals surface area (Å²) in [5.74, 6) is -0.914. The number of pyridine rings is 1. The fourth-order valence-corrected chi connectivity index (χ4v) is 2.63. The molecule has 0 amide bonds. The number of carbonyl (C=O) groups is 1. The fraction of sp³-hybridized carbons (Fsp3) is 0.429. The summed E-state index contributed by atoms with van der Waals surface area (Å²) in [6.07, 6.45) is 7.49. The van der Waals surface area contributed by atoms with Gasteiger partial charge in [-0.1, -0.05) is 6.42 Å². The highest BCUT2D eigenvalue weighted by atomic mass is 16.4. The Hall–Kier alpha value is -1.88. The van der Waals surface area contributed by atoms with E-state index in [1.807, 2.05) is 10.6 Å². The minimum Gasteiger partial charge on any atom is -0.478 e. The Bertz CT molecular complexity index is 600. The minimum atomic E-state index is -0.914. The third kappa shape index (κ3) is 2.46. The van der Waals surface area contributed by atoms with Gasteiger partial charge in [-0.3, -0.25) is 4.90 Å². The average Bonchev–Trinajstić information content (AvgIpc) is 2.82. The van der Waals surface area contributed by atoms with Crippen molar-refractivity contribution >= 4 is 11.6 Å². The smallest absolute Gasteiger partial charge is 0.335 e. The molecule has 0 aliphatic carbocycles. The Morgan fingerprint density at radius 2 is 2.11 bits per heavy atom. The standard InChI is InChI=1S/C14H17N3O2/c18-14(19)11-4-7-17-12(9-15-13(17)8-11)10-16-5-2-1-3-6-16/h4,7-9H,1-3,5-6,10H2,(H,18,19). The van der Waals surface area contributed by atoms with Crippen LogP contribution in [0.4, 0.5) is 0 Å². The zero-order valence-electron chi connectivity index (χ0n) is 10.7. The summed E-state index contributed by atoms with van der Waals surface area (Å²) in [5, 5.41) is 8.97. The van der Waals surface area contributed by atoms with Crippen LogP contribution < -0.4 is 0 Å². The largest absolute Gasteiger partial charge is 0.478 e. The first-order valence-electron chi connectivity index (χ1n) is 6.66. The topological polar surface area (TPSA) is 57.8 Å². The van der Waals surface area contributed by atoms with E-state index < -0.39 is 5.97 Å². The summed E-state index contributed by atoms with van der Waals surface area (Å²) in [6, 6.07) is 3.23. The van der Waals surface area contributed by atoms with Crippen LogP contribution in [-0.2, 0) is 6.54 Å². The lowest BCUT2D eigenvalue weighted by Gasteiger charge is -2.25. The zero-order valence-corrected chi connectivity index (χ0v) is 10.7. The first kappa shape index (κ1) is 12.2. The molecule has 1 saturated heterocycles. The molecule has 2 aromatic rings. The van der Waals surface area contributed by atoms with E-state index >= 15 is 0 Å². The summed E-state index contributed by atoms with van der Waals surface area (Å²) in [6.45, 7) is 3.16. The molecule has 0 aromatic carbocycles. The molecule has 2 aromatic heterocycles. The molecular formula is C14H17N3O2. The van der Waals surface area contributed by atoms with Crippen LogP contribution in [0.3, 0.4) is 0 Å². The molecule has 0 unspecified atom stereocenters. The van der Waals surface area contributed by atoms with E-state index in [0.717, 1.165) is 25.3 Å². The molecule has 1 aliphatic heterocycles. The summed E-state index contributed by atoms with van der Waals surface area (Å²) in [4.78, 5) is 17.7. The van der Waals surface area contributed by atoms with E-state index in [9.17, 15) is 4.79 Å². The number of fused-ring (bicyclic) bond motifs is 1. The highest BCUT2D eigenvalue weighted by Gasteiger charge is 2.13. The summed E-state index contributed by atoms with van der Waals surface area (Å²) < 4.78 is 1.97. The van der Waals surface area contributed by atoms with Gasteiger partial charge in [0.2, 0.25) is 0 Å². The highest BCUT2D eigenvalue weighted by Crippen LogP contribution is 2.15. The van der Waals surface area contributed by atoms with Crippen LogP contribution in [0.15, 0.2) is 24.5 Å². The fourth-order valence-electron chi connectivity index (χ4n) is 2.63. The second-order valence-electron chi connectivity index (χ2n) is 5.04. The number of imidazole rings is 1. The molecule has 0 spiro atoms. The van der Waals surface area contributed by atoms with Gasteiger partial charge in [-0.05, 0) is 38.1 Å². The second kappa shape index (κ2) is 5.01. The summed E-state index contributed by atoms with van der Waals surface area (Å²) in [5.41, 5.74) is 2.10. The normalized spacial score (nSPS) is 16.8. The number of nitrogens with zero attached hydrogens (tertiary/aromatic N) is 3. The van der Waals surface area contributed by atoms with Crippen LogP contribution in [0.5, 0.6) is 0 Å². The number of carboxylic acids is 1. The average molecular weight is 259 g/mol. The van der Waals surface area contributed by atoms with Gasteiger partial charge in [0.15, 0.2) is 0 Å². The number of likely N-dealkylation sites (tertiary alicyclic amines) is 1. The van der Waals surface area contributed by atoms with Gasteiger partial charge in [0.05, 0.1) is 17.5 Å². The Balaban J connectivity index is 1.86. The van der Waals surface area contributed by atoms with Gasteiger partial charge in [0.25, 0.3) is 0 Å². The highest BCUT2D eigenvalue weighted by molar-refractivity contribution is 5.88. The van der Waals surface area contributed by atoms with Gasteiger partial charge < -0.3 is 9.51 Å². The molecular weight excluding hydrogens is 242 g/mol. The number of hydrogen-bond donors (Lipinski definition) is 1. The first-order valence-corrected chi connectivity index (χ1v) is 6.66. The third-order valence-corrected chi connectivity index (χ3v) is 3.67. The molecule has 3 rings (SSSR count). The number of aromatic carboxylic acids is 1. The molecule has 0 saturated carbocycles. The Morgan fingerprint density at radius 3 is 2.84 bits per heavy atom. The quantitative estimate of drug-likeness (QED) is 0.916. The van der Waals surface area contributed by atoms with Gasteiger partial charge in [0.1, 0.15) is 5.65 Å². The Kier molecular flexibility index (Phi) is 3.21. The first-order chi connectivity index (χ1) is 9.24. The molecule has 1 N–H and O–H groups in total. The minimum absolute atomic E-state index is 0.280. The Morgan fingerprint density at radius 1 is 1.32 bits per heavy atom.